The summed E-state index contributed by atoms with van der Waals surface area (Å²) in [6, 6.07) is 7.67. The molecule has 4 nitrogen and oxygen atoms in total. The molecule has 1 fully saturated rings. The molecule has 0 amide bonds. The van der Waals surface area contributed by atoms with Gasteiger partial charge in [0.1, 0.15) is 5.75 Å². The molecule has 1 saturated heterocycles. The summed E-state index contributed by atoms with van der Waals surface area (Å²) in [4.78, 5) is 0. The highest BCUT2D eigenvalue weighted by Crippen LogP contribution is 2.17. The first-order valence-corrected chi connectivity index (χ1v) is 5.88. The Bertz CT molecular complexity index is 333. The van der Waals surface area contributed by atoms with Crippen LogP contribution in [-0.2, 0) is 9.47 Å². The van der Waals surface area contributed by atoms with E-state index in [1.54, 1.807) is 7.11 Å². The van der Waals surface area contributed by atoms with Gasteiger partial charge >= 0.3 is 0 Å². The van der Waals surface area contributed by atoms with Gasteiger partial charge in [0.15, 0.2) is 0 Å². The number of methoxy groups -OCH3 is 1. The van der Waals surface area contributed by atoms with E-state index in [0.29, 0.717) is 13.2 Å². The quantitative estimate of drug-likeness (QED) is 0.843. The van der Waals surface area contributed by atoms with Crippen LogP contribution in [0.2, 0.25) is 0 Å². The Labute approximate surface area is 102 Å². The standard InChI is InChI=1S/C13H19NO3/c1-15-11-4-2-10(3-5-11)13(14)9-17-12-6-7-16-8-12/h2-5,12-13H,6-9,14H2,1H3. The smallest absolute Gasteiger partial charge is 0.118 e. The van der Waals surface area contributed by atoms with Gasteiger partial charge in [-0.3, -0.25) is 0 Å². The number of rotatable bonds is 5. The van der Waals surface area contributed by atoms with Crippen LogP contribution in [0.1, 0.15) is 18.0 Å². The summed E-state index contributed by atoms with van der Waals surface area (Å²) < 4.78 is 16.0. The third kappa shape index (κ3) is 3.43. The topological polar surface area (TPSA) is 53.7 Å². The summed E-state index contributed by atoms with van der Waals surface area (Å²) in [5.41, 5.74) is 7.12. The lowest BCUT2D eigenvalue weighted by molar-refractivity contribution is 0.0349. The van der Waals surface area contributed by atoms with Gasteiger partial charge in [-0.1, -0.05) is 12.1 Å². The van der Waals surface area contributed by atoms with Crippen molar-refractivity contribution in [3.8, 4) is 5.75 Å². The zero-order valence-electron chi connectivity index (χ0n) is 10.1. The average molecular weight is 237 g/mol. The van der Waals surface area contributed by atoms with Crippen molar-refractivity contribution in [2.24, 2.45) is 5.73 Å². The number of hydrogen-bond donors (Lipinski definition) is 1. The summed E-state index contributed by atoms with van der Waals surface area (Å²) in [5, 5.41) is 0. The maximum absolute atomic E-state index is 6.06. The molecule has 2 rings (SSSR count). The lowest BCUT2D eigenvalue weighted by Gasteiger charge is -2.16. The van der Waals surface area contributed by atoms with Gasteiger partial charge in [-0.05, 0) is 24.1 Å². The average Bonchev–Trinajstić information content (AvgIpc) is 2.89. The SMILES string of the molecule is COc1ccc(C(N)COC2CCOC2)cc1. The Morgan fingerprint density at radius 3 is 2.76 bits per heavy atom. The maximum Gasteiger partial charge on any atom is 0.118 e. The minimum absolute atomic E-state index is 0.0958. The van der Waals surface area contributed by atoms with Crippen LogP contribution in [0, 0.1) is 0 Å². The van der Waals surface area contributed by atoms with Crippen molar-refractivity contribution in [2.45, 2.75) is 18.6 Å². The van der Waals surface area contributed by atoms with Crippen molar-refractivity contribution in [1.82, 2.24) is 0 Å². The van der Waals surface area contributed by atoms with Gasteiger partial charge in [-0.15, -0.1) is 0 Å². The van der Waals surface area contributed by atoms with Gasteiger partial charge in [-0.2, -0.15) is 0 Å². The van der Waals surface area contributed by atoms with Crippen molar-refractivity contribution >= 4 is 0 Å². The van der Waals surface area contributed by atoms with Gasteiger partial charge < -0.3 is 19.9 Å². The number of hydrogen-bond acceptors (Lipinski definition) is 4. The van der Waals surface area contributed by atoms with E-state index in [1.165, 1.54) is 0 Å². The molecule has 1 aliphatic rings. The molecule has 0 aromatic heterocycles. The minimum atomic E-state index is -0.0958. The van der Waals surface area contributed by atoms with Gasteiger partial charge in [0.2, 0.25) is 0 Å². The van der Waals surface area contributed by atoms with Crippen LogP contribution in [0.4, 0.5) is 0 Å². The molecule has 0 bridgehead atoms. The van der Waals surface area contributed by atoms with E-state index < -0.39 is 0 Å². The van der Waals surface area contributed by atoms with E-state index in [9.17, 15) is 0 Å². The number of ether oxygens (including phenoxy) is 3. The molecule has 2 atom stereocenters. The van der Waals surface area contributed by atoms with Gasteiger partial charge in [-0.25, -0.2) is 0 Å². The molecule has 2 N–H and O–H groups in total. The van der Waals surface area contributed by atoms with E-state index in [-0.39, 0.29) is 12.1 Å². The fourth-order valence-corrected chi connectivity index (χ4v) is 1.83. The molecule has 0 aliphatic carbocycles. The molecule has 1 aromatic rings. The largest absolute Gasteiger partial charge is 0.497 e. The van der Waals surface area contributed by atoms with Gasteiger partial charge in [0.25, 0.3) is 0 Å². The van der Waals surface area contributed by atoms with Crippen LogP contribution in [0.5, 0.6) is 5.75 Å². The monoisotopic (exact) mass is 237 g/mol. The zero-order valence-corrected chi connectivity index (χ0v) is 10.1. The summed E-state index contributed by atoms with van der Waals surface area (Å²) in [6.07, 6.45) is 1.18. The maximum atomic E-state index is 6.06. The minimum Gasteiger partial charge on any atom is -0.497 e. The third-order valence-corrected chi connectivity index (χ3v) is 2.94. The van der Waals surface area contributed by atoms with Crippen molar-refractivity contribution in [3.05, 3.63) is 29.8 Å². The Kier molecular flexibility index (Phi) is 4.36. The van der Waals surface area contributed by atoms with Crippen molar-refractivity contribution in [3.63, 3.8) is 0 Å². The predicted octanol–water partition coefficient (Wildman–Crippen LogP) is 1.50. The Morgan fingerprint density at radius 1 is 1.41 bits per heavy atom. The van der Waals surface area contributed by atoms with Gasteiger partial charge in [0.05, 0.1) is 32.5 Å². The second-order valence-electron chi connectivity index (χ2n) is 4.20. The van der Waals surface area contributed by atoms with Crippen LogP contribution < -0.4 is 10.5 Å². The van der Waals surface area contributed by atoms with E-state index in [1.807, 2.05) is 24.3 Å². The molecular weight excluding hydrogens is 218 g/mol. The Hall–Kier alpha value is -1.10. The highest BCUT2D eigenvalue weighted by atomic mass is 16.5. The Balaban J connectivity index is 1.83. The van der Waals surface area contributed by atoms with Crippen LogP contribution >= 0.6 is 0 Å². The molecule has 0 spiro atoms. The first-order chi connectivity index (χ1) is 8.29. The molecule has 17 heavy (non-hydrogen) atoms. The predicted molar refractivity (Wildman–Crippen MR) is 65.1 cm³/mol. The summed E-state index contributed by atoms with van der Waals surface area (Å²) in [7, 11) is 1.65. The van der Waals surface area contributed by atoms with E-state index in [4.69, 9.17) is 19.9 Å². The zero-order chi connectivity index (χ0) is 12.1. The second kappa shape index (κ2) is 6.00. The summed E-state index contributed by atoms with van der Waals surface area (Å²) in [5.74, 6) is 0.839. The van der Waals surface area contributed by atoms with E-state index in [0.717, 1.165) is 24.3 Å². The molecular formula is C13H19NO3. The van der Waals surface area contributed by atoms with Crippen LogP contribution in [0.25, 0.3) is 0 Å². The molecule has 4 heteroatoms. The molecule has 0 saturated carbocycles. The summed E-state index contributed by atoms with van der Waals surface area (Å²) in [6.45, 7) is 2.01. The van der Waals surface area contributed by atoms with Crippen molar-refractivity contribution < 1.29 is 14.2 Å². The highest BCUT2D eigenvalue weighted by Gasteiger charge is 2.17. The van der Waals surface area contributed by atoms with Crippen LogP contribution in [0.3, 0.4) is 0 Å². The summed E-state index contributed by atoms with van der Waals surface area (Å²) >= 11 is 0. The Morgan fingerprint density at radius 2 is 2.18 bits per heavy atom. The highest BCUT2D eigenvalue weighted by molar-refractivity contribution is 5.28. The molecule has 1 heterocycles. The van der Waals surface area contributed by atoms with Crippen molar-refractivity contribution in [2.75, 3.05) is 26.9 Å². The molecule has 1 aliphatic heterocycles. The first kappa shape index (κ1) is 12.4. The van der Waals surface area contributed by atoms with Gasteiger partial charge in [0, 0.05) is 6.61 Å². The number of benzene rings is 1. The molecule has 0 radical (unpaired) electrons. The lowest BCUT2D eigenvalue weighted by Crippen LogP contribution is -2.22. The third-order valence-electron chi connectivity index (χ3n) is 2.94. The molecule has 94 valence electrons. The number of nitrogens with two attached hydrogens (primary N) is 1. The second-order valence-corrected chi connectivity index (χ2v) is 4.20. The van der Waals surface area contributed by atoms with Crippen LogP contribution in [-0.4, -0.2) is 33.0 Å². The lowest BCUT2D eigenvalue weighted by atomic mass is 10.1. The van der Waals surface area contributed by atoms with E-state index in [2.05, 4.69) is 0 Å². The van der Waals surface area contributed by atoms with Crippen molar-refractivity contribution in [1.29, 1.82) is 0 Å². The molecule has 2 unspecified atom stereocenters. The molecule has 1 aromatic carbocycles. The fraction of sp³-hybridized carbons (Fsp3) is 0.538. The first-order valence-electron chi connectivity index (χ1n) is 5.88. The fourth-order valence-electron chi connectivity index (χ4n) is 1.83. The van der Waals surface area contributed by atoms with Crippen LogP contribution in [0.15, 0.2) is 24.3 Å². The van der Waals surface area contributed by atoms with E-state index >= 15 is 0 Å². The normalized spacial score (nSPS) is 21.4.